The molecule has 0 saturated carbocycles. The fourth-order valence-corrected chi connectivity index (χ4v) is 2.51. The van der Waals surface area contributed by atoms with Gasteiger partial charge in [-0.2, -0.15) is 0 Å². The van der Waals surface area contributed by atoms with E-state index in [1.807, 2.05) is 37.3 Å². The number of hydrogen-bond donors (Lipinski definition) is 1. The van der Waals surface area contributed by atoms with E-state index in [2.05, 4.69) is 5.32 Å². The van der Waals surface area contributed by atoms with Crippen LogP contribution in [0, 0.1) is 5.82 Å². The quantitative estimate of drug-likeness (QED) is 0.855. The van der Waals surface area contributed by atoms with Crippen molar-refractivity contribution in [3.8, 4) is 5.75 Å². The lowest BCUT2D eigenvalue weighted by Crippen LogP contribution is -2.23. The Kier molecular flexibility index (Phi) is 5.59. The van der Waals surface area contributed by atoms with Crippen LogP contribution in [-0.4, -0.2) is 13.7 Å². The lowest BCUT2D eigenvalue weighted by molar-refractivity contribution is 0.399. The minimum absolute atomic E-state index is 0.0618. The third kappa shape index (κ3) is 3.96. The molecule has 1 unspecified atom stereocenters. The Morgan fingerprint density at radius 1 is 1.24 bits per heavy atom. The summed E-state index contributed by atoms with van der Waals surface area (Å²) in [5.41, 5.74) is 1.96. The lowest BCUT2D eigenvalue weighted by atomic mass is 9.98. The summed E-state index contributed by atoms with van der Waals surface area (Å²) in [5, 5.41) is 3.57. The maximum absolute atomic E-state index is 13.6. The van der Waals surface area contributed by atoms with Crippen molar-refractivity contribution in [1.29, 1.82) is 0 Å². The van der Waals surface area contributed by atoms with Crippen molar-refractivity contribution in [3.63, 3.8) is 0 Å². The van der Waals surface area contributed by atoms with E-state index in [-0.39, 0.29) is 16.9 Å². The van der Waals surface area contributed by atoms with E-state index >= 15 is 0 Å². The number of ether oxygens (including phenoxy) is 1. The maximum atomic E-state index is 13.6. The monoisotopic (exact) mass is 307 g/mol. The van der Waals surface area contributed by atoms with Crippen molar-refractivity contribution in [2.24, 2.45) is 0 Å². The van der Waals surface area contributed by atoms with Gasteiger partial charge >= 0.3 is 0 Å². The highest BCUT2D eigenvalue weighted by Crippen LogP contribution is 2.28. The minimum atomic E-state index is -0.385. The first-order chi connectivity index (χ1) is 10.2. The van der Waals surface area contributed by atoms with Gasteiger partial charge in [-0.1, -0.05) is 42.8 Å². The second-order valence-electron chi connectivity index (χ2n) is 4.80. The van der Waals surface area contributed by atoms with Gasteiger partial charge < -0.3 is 10.1 Å². The van der Waals surface area contributed by atoms with Crippen LogP contribution >= 0.6 is 11.6 Å². The van der Waals surface area contributed by atoms with E-state index in [1.54, 1.807) is 13.2 Å². The van der Waals surface area contributed by atoms with Gasteiger partial charge in [0.25, 0.3) is 0 Å². The average molecular weight is 308 g/mol. The molecular weight excluding hydrogens is 289 g/mol. The zero-order valence-electron chi connectivity index (χ0n) is 12.2. The fraction of sp³-hybridized carbons (Fsp3) is 0.294. The molecule has 0 heterocycles. The fourth-order valence-electron chi connectivity index (χ4n) is 2.40. The van der Waals surface area contributed by atoms with E-state index in [9.17, 15) is 4.39 Å². The van der Waals surface area contributed by atoms with E-state index < -0.39 is 0 Å². The Morgan fingerprint density at radius 2 is 2.00 bits per heavy atom. The molecule has 2 aromatic carbocycles. The topological polar surface area (TPSA) is 21.3 Å². The Morgan fingerprint density at radius 3 is 2.67 bits per heavy atom. The lowest BCUT2D eigenvalue weighted by Gasteiger charge is -2.21. The largest absolute Gasteiger partial charge is 0.496 e. The van der Waals surface area contributed by atoms with Crippen LogP contribution < -0.4 is 10.1 Å². The molecule has 0 saturated heterocycles. The van der Waals surface area contributed by atoms with Gasteiger partial charge in [-0.05, 0) is 36.7 Å². The second-order valence-corrected chi connectivity index (χ2v) is 5.21. The maximum Gasteiger partial charge on any atom is 0.142 e. The summed E-state index contributed by atoms with van der Waals surface area (Å²) in [6, 6.07) is 12.9. The molecule has 2 nitrogen and oxygen atoms in total. The number of nitrogens with one attached hydrogen (secondary N) is 1. The Bertz CT molecular complexity index is 603. The van der Waals surface area contributed by atoms with Crippen LogP contribution in [-0.2, 0) is 6.42 Å². The average Bonchev–Trinajstić information content (AvgIpc) is 2.50. The molecule has 0 aliphatic heterocycles. The number of rotatable bonds is 6. The Labute approximate surface area is 129 Å². The van der Waals surface area contributed by atoms with Gasteiger partial charge in [0.15, 0.2) is 0 Å². The Balaban J connectivity index is 2.28. The zero-order chi connectivity index (χ0) is 15.2. The van der Waals surface area contributed by atoms with Crippen molar-refractivity contribution < 1.29 is 9.13 Å². The van der Waals surface area contributed by atoms with Crippen molar-refractivity contribution in [3.05, 3.63) is 64.4 Å². The van der Waals surface area contributed by atoms with E-state index in [0.29, 0.717) is 6.42 Å². The predicted molar refractivity (Wildman–Crippen MR) is 84.5 cm³/mol. The second kappa shape index (κ2) is 7.43. The van der Waals surface area contributed by atoms with Crippen LogP contribution in [0.1, 0.15) is 24.1 Å². The number of para-hydroxylation sites is 1. The molecule has 2 rings (SSSR count). The summed E-state index contributed by atoms with van der Waals surface area (Å²) in [4.78, 5) is 0. The molecule has 0 bridgehead atoms. The summed E-state index contributed by atoms with van der Waals surface area (Å²) in [7, 11) is 1.66. The Hall–Kier alpha value is -1.58. The SMILES string of the molecule is CCNC(Cc1ccc(Cl)c(F)c1)c1ccccc1OC. The van der Waals surface area contributed by atoms with Gasteiger partial charge in [0, 0.05) is 11.6 Å². The molecular formula is C17H19ClFNO. The normalized spacial score (nSPS) is 12.2. The molecule has 0 radical (unpaired) electrons. The molecule has 0 fully saturated rings. The first-order valence-electron chi connectivity index (χ1n) is 6.96. The van der Waals surface area contributed by atoms with Crippen molar-refractivity contribution in [2.75, 3.05) is 13.7 Å². The summed E-state index contributed by atoms with van der Waals surface area (Å²) < 4.78 is 19.0. The molecule has 0 aliphatic carbocycles. The van der Waals surface area contributed by atoms with Crippen molar-refractivity contribution in [2.45, 2.75) is 19.4 Å². The first-order valence-corrected chi connectivity index (χ1v) is 7.33. The van der Waals surface area contributed by atoms with Gasteiger partial charge in [-0.25, -0.2) is 4.39 Å². The van der Waals surface area contributed by atoms with Crippen LogP contribution in [0.2, 0.25) is 5.02 Å². The summed E-state index contributed by atoms with van der Waals surface area (Å²) >= 11 is 5.73. The molecule has 21 heavy (non-hydrogen) atoms. The number of likely N-dealkylation sites (N-methyl/N-ethyl adjacent to an activating group) is 1. The molecule has 0 aliphatic rings. The smallest absolute Gasteiger partial charge is 0.142 e. The number of halogens is 2. The number of benzene rings is 2. The molecule has 4 heteroatoms. The molecule has 2 aromatic rings. The summed E-state index contributed by atoms with van der Waals surface area (Å²) in [6.07, 6.45) is 0.669. The standard InChI is InChI=1S/C17H19ClFNO/c1-3-20-16(13-6-4-5-7-17(13)21-2)11-12-8-9-14(18)15(19)10-12/h4-10,16,20H,3,11H2,1-2H3. The van der Waals surface area contributed by atoms with Gasteiger partial charge in [-0.3, -0.25) is 0 Å². The third-order valence-corrected chi connectivity index (χ3v) is 3.70. The van der Waals surface area contributed by atoms with Gasteiger partial charge in [0.2, 0.25) is 0 Å². The van der Waals surface area contributed by atoms with Crippen molar-refractivity contribution >= 4 is 11.6 Å². The molecule has 1 atom stereocenters. The molecule has 112 valence electrons. The molecule has 0 aromatic heterocycles. The first kappa shape index (κ1) is 15.8. The van der Waals surface area contributed by atoms with Crippen LogP contribution in [0.5, 0.6) is 5.75 Å². The number of hydrogen-bond acceptors (Lipinski definition) is 2. The third-order valence-electron chi connectivity index (χ3n) is 3.39. The highest BCUT2D eigenvalue weighted by atomic mass is 35.5. The summed E-state index contributed by atoms with van der Waals surface area (Å²) in [5.74, 6) is 0.447. The highest BCUT2D eigenvalue weighted by Gasteiger charge is 2.16. The van der Waals surface area contributed by atoms with Gasteiger partial charge in [0.05, 0.1) is 12.1 Å². The van der Waals surface area contributed by atoms with Gasteiger partial charge in [0.1, 0.15) is 11.6 Å². The molecule has 0 spiro atoms. The van der Waals surface area contributed by atoms with Crippen LogP contribution in [0.25, 0.3) is 0 Å². The van der Waals surface area contributed by atoms with E-state index in [4.69, 9.17) is 16.3 Å². The van der Waals surface area contributed by atoms with Crippen LogP contribution in [0.4, 0.5) is 4.39 Å². The van der Waals surface area contributed by atoms with Gasteiger partial charge in [-0.15, -0.1) is 0 Å². The van der Waals surface area contributed by atoms with E-state index in [0.717, 1.165) is 23.4 Å². The van der Waals surface area contributed by atoms with Crippen LogP contribution in [0.3, 0.4) is 0 Å². The zero-order valence-corrected chi connectivity index (χ0v) is 13.0. The van der Waals surface area contributed by atoms with E-state index in [1.165, 1.54) is 6.07 Å². The van der Waals surface area contributed by atoms with Crippen LogP contribution in [0.15, 0.2) is 42.5 Å². The molecule has 0 amide bonds. The van der Waals surface area contributed by atoms with Crippen molar-refractivity contribution in [1.82, 2.24) is 5.32 Å². The predicted octanol–water partition coefficient (Wildman–Crippen LogP) is 4.38. The summed E-state index contributed by atoms with van der Waals surface area (Å²) in [6.45, 7) is 2.86. The highest BCUT2D eigenvalue weighted by molar-refractivity contribution is 6.30. The minimum Gasteiger partial charge on any atom is -0.496 e. The molecule has 1 N–H and O–H groups in total. The number of methoxy groups -OCH3 is 1.